The van der Waals surface area contributed by atoms with Crippen LogP contribution in [-0.2, 0) is 9.53 Å². The van der Waals surface area contributed by atoms with Crippen LogP contribution in [0.3, 0.4) is 0 Å². The molecule has 0 aliphatic carbocycles. The summed E-state index contributed by atoms with van der Waals surface area (Å²) in [5.41, 5.74) is 1.54. The first-order valence-corrected chi connectivity index (χ1v) is 8.24. The van der Waals surface area contributed by atoms with Crippen molar-refractivity contribution in [1.29, 1.82) is 0 Å². The maximum atomic E-state index is 12.4. The van der Waals surface area contributed by atoms with Crippen LogP contribution in [0.15, 0.2) is 58.9 Å². The van der Waals surface area contributed by atoms with Crippen LogP contribution < -0.4 is 10.3 Å². The van der Waals surface area contributed by atoms with Crippen molar-refractivity contribution in [2.45, 2.75) is 13.0 Å². The average molecular weight is 348 g/mol. The molecule has 1 aliphatic heterocycles. The largest absolute Gasteiger partial charge is 0.488 e. The molecule has 0 spiro atoms. The zero-order valence-corrected chi connectivity index (χ0v) is 14.1. The Bertz CT molecular complexity index is 1080. The first-order valence-electron chi connectivity index (χ1n) is 8.24. The number of nitrogens with one attached hydrogen (secondary N) is 1. The Morgan fingerprint density at radius 2 is 1.96 bits per heavy atom. The van der Waals surface area contributed by atoms with Gasteiger partial charge in [-0.1, -0.05) is 30.3 Å². The van der Waals surface area contributed by atoms with Crippen molar-refractivity contribution in [2.75, 3.05) is 6.61 Å². The summed E-state index contributed by atoms with van der Waals surface area (Å²) in [5.74, 6) is 0.542. The summed E-state index contributed by atoms with van der Waals surface area (Å²) in [6.07, 6.45) is 1.06. The second kappa shape index (κ2) is 6.48. The Balaban J connectivity index is 1.57. The molecule has 0 saturated carbocycles. The second-order valence-electron chi connectivity index (χ2n) is 6.01. The van der Waals surface area contributed by atoms with Gasteiger partial charge in [0.15, 0.2) is 11.9 Å². The number of ether oxygens (including phenoxy) is 2. The summed E-state index contributed by atoms with van der Waals surface area (Å²) in [4.78, 5) is 31.7. The minimum absolute atomic E-state index is 0.143. The Labute approximate surface area is 149 Å². The standard InChI is InChI=1S/C20H16N2O4/c1-12(18-21-16-8-4-3-7-15(16)19(23)22-18)26-20(24)14-10-13-6-2-5-9-17(13)25-11-14/h2-10,12H,11H2,1H3,(H,21,22,23)/t12-/m0/s1. The molecule has 3 aromatic rings. The fourth-order valence-electron chi connectivity index (χ4n) is 2.82. The summed E-state index contributed by atoms with van der Waals surface area (Å²) in [6.45, 7) is 1.81. The van der Waals surface area contributed by atoms with E-state index < -0.39 is 12.1 Å². The number of benzene rings is 2. The van der Waals surface area contributed by atoms with E-state index in [1.54, 1.807) is 37.3 Å². The van der Waals surface area contributed by atoms with Gasteiger partial charge >= 0.3 is 5.97 Å². The summed E-state index contributed by atoms with van der Waals surface area (Å²) in [7, 11) is 0. The second-order valence-corrected chi connectivity index (χ2v) is 6.01. The number of para-hydroxylation sites is 2. The van der Waals surface area contributed by atoms with Crippen molar-refractivity contribution in [3.8, 4) is 5.75 Å². The molecule has 1 aliphatic rings. The van der Waals surface area contributed by atoms with Gasteiger partial charge in [-0.15, -0.1) is 0 Å². The lowest BCUT2D eigenvalue weighted by atomic mass is 10.1. The number of rotatable bonds is 3. The minimum atomic E-state index is -0.696. The minimum Gasteiger partial charge on any atom is -0.488 e. The molecule has 6 nitrogen and oxygen atoms in total. The van der Waals surface area contributed by atoms with Gasteiger partial charge < -0.3 is 14.5 Å². The highest BCUT2D eigenvalue weighted by Crippen LogP contribution is 2.27. The highest BCUT2D eigenvalue weighted by atomic mass is 16.5. The van der Waals surface area contributed by atoms with E-state index in [1.807, 2.05) is 24.3 Å². The predicted molar refractivity (Wildman–Crippen MR) is 96.8 cm³/mol. The van der Waals surface area contributed by atoms with Crippen molar-refractivity contribution in [3.05, 3.63) is 75.8 Å². The van der Waals surface area contributed by atoms with Crippen molar-refractivity contribution in [2.24, 2.45) is 0 Å². The number of carbonyl (C=O) groups is 1. The lowest BCUT2D eigenvalue weighted by Gasteiger charge is -2.19. The first kappa shape index (κ1) is 16.1. The molecule has 0 radical (unpaired) electrons. The number of esters is 1. The zero-order chi connectivity index (χ0) is 18.1. The van der Waals surface area contributed by atoms with Crippen LogP contribution in [0.5, 0.6) is 5.75 Å². The summed E-state index contributed by atoms with van der Waals surface area (Å²) < 4.78 is 11.1. The van der Waals surface area contributed by atoms with Crippen LogP contribution >= 0.6 is 0 Å². The Kier molecular flexibility index (Phi) is 4.01. The summed E-state index contributed by atoms with van der Waals surface area (Å²) >= 11 is 0. The van der Waals surface area contributed by atoms with E-state index in [2.05, 4.69) is 9.97 Å². The highest BCUT2D eigenvalue weighted by Gasteiger charge is 2.22. The van der Waals surface area contributed by atoms with Gasteiger partial charge in [-0.2, -0.15) is 0 Å². The fraction of sp³-hybridized carbons (Fsp3) is 0.150. The molecule has 0 bridgehead atoms. The van der Waals surface area contributed by atoms with Gasteiger partial charge in [0.25, 0.3) is 5.56 Å². The lowest BCUT2D eigenvalue weighted by molar-refractivity contribution is -0.144. The van der Waals surface area contributed by atoms with Crippen LogP contribution in [-0.4, -0.2) is 22.5 Å². The van der Waals surface area contributed by atoms with E-state index in [1.165, 1.54) is 0 Å². The number of hydrogen-bond acceptors (Lipinski definition) is 5. The van der Waals surface area contributed by atoms with Gasteiger partial charge in [0.05, 0.1) is 16.5 Å². The number of aromatic nitrogens is 2. The van der Waals surface area contributed by atoms with Crippen molar-refractivity contribution >= 4 is 22.9 Å². The van der Waals surface area contributed by atoms with Crippen molar-refractivity contribution in [1.82, 2.24) is 9.97 Å². The number of nitrogens with zero attached hydrogens (tertiary/aromatic N) is 1. The predicted octanol–water partition coefficient (Wildman–Crippen LogP) is 3.00. The summed E-state index contributed by atoms with van der Waals surface area (Å²) in [6, 6.07) is 14.5. The molecule has 0 fully saturated rings. The molecule has 4 rings (SSSR count). The molecule has 0 saturated heterocycles. The number of fused-ring (bicyclic) bond motifs is 2. The topological polar surface area (TPSA) is 81.3 Å². The monoisotopic (exact) mass is 348 g/mol. The molecule has 26 heavy (non-hydrogen) atoms. The molecule has 6 heteroatoms. The Morgan fingerprint density at radius 1 is 1.19 bits per heavy atom. The van der Waals surface area contributed by atoms with Gasteiger partial charge in [-0.25, -0.2) is 9.78 Å². The van der Waals surface area contributed by atoms with Crippen LogP contribution in [0.25, 0.3) is 17.0 Å². The van der Waals surface area contributed by atoms with Crippen molar-refractivity contribution < 1.29 is 14.3 Å². The third-order valence-corrected chi connectivity index (χ3v) is 4.19. The average Bonchev–Trinajstić information content (AvgIpc) is 2.67. The van der Waals surface area contributed by atoms with Gasteiger partial charge in [-0.3, -0.25) is 4.79 Å². The summed E-state index contributed by atoms with van der Waals surface area (Å²) in [5, 5.41) is 0.495. The van der Waals surface area contributed by atoms with E-state index in [4.69, 9.17) is 9.47 Å². The van der Waals surface area contributed by atoms with E-state index in [0.29, 0.717) is 22.3 Å². The maximum absolute atomic E-state index is 12.4. The number of H-pyrrole nitrogens is 1. The molecule has 1 aromatic heterocycles. The smallest absolute Gasteiger partial charge is 0.338 e. The molecule has 130 valence electrons. The highest BCUT2D eigenvalue weighted by molar-refractivity contribution is 5.95. The maximum Gasteiger partial charge on any atom is 0.338 e. The number of carbonyl (C=O) groups excluding carboxylic acids is 1. The van der Waals surface area contributed by atoms with Crippen LogP contribution in [0.4, 0.5) is 0 Å². The van der Waals surface area contributed by atoms with Crippen LogP contribution in [0, 0.1) is 0 Å². The number of hydrogen-bond donors (Lipinski definition) is 1. The van der Waals surface area contributed by atoms with E-state index in [0.717, 1.165) is 11.3 Å². The molecule has 0 amide bonds. The van der Waals surface area contributed by atoms with E-state index in [-0.39, 0.29) is 12.2 Å². The third-order valence-electron chi connectivity index (χ3n) is 4.19. The van der Waals surface area contributed by atoms with Gasteiger partial charge in [0, 0.05) is 5.56 Å². The van der Waals surface area contributed by atoms with E-state index in [9.17, 15) is 9.59 Å². The van der Waals surface area contributed by atoms with Crippen molar-refractivity contribution in [3.63, 3.8) is 0 Å². The van der Waals surface area contributed by atoms with Gasteiger partial charge in [0.1, 0.15) is 12.4 Å². The Morgan fingerprint density at radius 3 is 2.85 bits per heavy atom. The molecule has 1 atom stereocenters. The molecular formula is C20H16N2O4. The zero-order valence-electron chi connectivity index (χ0n) is 14.1. The molecule has 0 unspecified atom stereocenters. The fourth-order valence-corrected chi connectivity index (χ4v) is 2.82. The number of aromatic amines is 1. The molecule has 2 heterocycles. The molecule has 2 aromatic carbocycles. The van der Waals surface area contributed by atoms with E-state index >= 15 is 0 Å². The van der Waals surface area contributed by atoms with Crippen LogP contribution in [0.1, 0.15) is 24.4 Å². The Hall–Kier alpha value is -3.41. The SMILES string of the molecule is C[C@H](OC(=O)C1=Cc2ccccc2OC1)c1nc2ccccc2c(=O)[nH]1. The lowest BCUT2D eigenvalue weighted by Crippen LogP contribution is -2.21. The normalized spacial score (nSPS) is 14.1. The molecule has 1 N–H and O–H groups in total. The quantitative estimate of drug-likeness (QED) is 0.736. The van der Waals surface area contributed by atoms with Gasteiger partial charge in [-0.05, 0) is 31.2 Å². The molecular weight excluding hydrogens is 332 g/mol. The third kappa shape index (κ3) is 2.97. The van der Waals surface area contributed by atoms with Gasteiger partial charge in [0.2, 0.25) is 0 Å². The van der Waals surface area contributed by atoms with Crippen LogP contribution in [0.2, 0.25) is 0 Å². The first-order chi connectivity index (χ1) is 12.6.